The van der Waals surface area contributed by atoms with Crippen LogP contribution in [0.1, 0.15) is 0 Å². The van der Waals surface area contributed by atoms with Crippen molar-refractivity contribution in [2.45, 2.75) is 0 Å². The highest BCUT2D eigenvalue weighted by molar-refractivity contribution is 7.16. The Morgan fingerprint density at radius 1 is 1.67 bits per heavy atom. The minimum atomic E-state index is 0.729. The van der Waals surface area contributed by atoms with E-state index in [1.807, 2.05) is 9.78 Å². The third kappa shape index (κ3) is 0.653. The zero-order valence-electron chi connectivity index (χ0n) is 4.41. The van der Waals surface area contributed by atoms with Crippen LogP contribution >= 0.6 is 22.9 Å². The lowest BCUT2D eigenvalue weighted by Gasteiger charge is -1.79. The second-order valence-corrected chi connectivity index (χ2v) is 2.94. The number of halogens is 1. The van der Waals surface area contributed by atoms with Gasteiger partial charge in [0.15, 0.2) is 0 Å². The third-order valence-corrected chi connectivity index (χ3v) is 2.42. The van der Waals surface area contributed by atoms with E-state index in [9.17, 15) is 0 Å². The van der Waals surface area contributed by atoms with E-state index in [1.54, 1.807) is 23.9 Å². The average Bonchev–Trinajstić information content (AvgIpc) is 2.35. The van der Waals surface area contributed by atoms with Gasteiger partial charge in [0.25, 0.3) is 0 Å². The number of hydrogen-bond acceptors (Lipinski definition) is 2. The molecule has 9 heavy (non-hydrogen) atoms. The lowest BCUT2D eigenvalue weighted by Crippen LogP contribution is -1.71. The Labute approximate surface area is 60.7 Å². The fourth-order valence-corrected chi connectivity index (χ4v) is 1.73. The summed E-state index contributed by atoms with van der Waals surface area (Å²) in [6.45, 7) is 0. The zero-order chi connectivity index (χ0) is 6.27. The van der Waals surface area contributed by atoms with Gasteiger partial charge in [-0.15, -0.1) is 11.3 Å². The van der Waals surface area contributed by atoms with Gasteiger partial charge in [-0.2, -0.15) is 0 Å². The molecule has 0 saturated carbocycles. The van der Waals surface area contributed by atoms with Gasteiger partial charge in [-0.3, -0.25) is 4.40 Å². The van der Waals surface area contributed by atoms with Crippen LogP contribution in [0.5, 0.6) is 0 Å². The van der Waals surface area contributed by atoms with Crippen molar-refractivity contribution in [2.24, 2.45) is 0 Å². The maximum atomic E-state index is 5.75. The summed E-state index contributed by atoms with van der Waals surface area (Å²) in [6, 6.07) is 0. The van der Waals surface area contributed by atoms with Crippen molar-refractivity contribution >= 4 is 27.8 Å². The maximum absolute atomic E-state index is 5.75. The number of aromatic nitrogens is 2. The number of thiazole rings is 1. The second-order valence-electron chi connectivity index (χ2n) is 1.66. The van der Waals surface area contributed by atoms with E-state index in [2.05, 4.69) is 4.98 Å². The standard InChI is InChI=1S/C5H3ClN2S/c6-4-2-9-5-1-7-3-8(4)5/h1-3H. The van der Waals surface area contributed by atoms with Crippen LogP contribution < -0.4 is 0 Å². The molecule has 0 aliphatic rings. The van der Waals surface area contributed by atoms with Crippen LogP contribution in [0.2, 0.25) is 5.15 Å². The van der Waals surface area contributed by atoms with Crippen LogP contribution in [0.15, 0.2) is 17.9 Å². The van der Waals surface area contributed by atoms with E-state index in [1.165, 1.54) is 0 Å². The topological polar surface area (TPSA) is 17.3 Å². The van der Waals surface area contributed by atoms with Gasteiger partial charge in [-0.1, -0.05) is 11.6 Å². The Hall–Kier alpha value is -0.540. The molecule has 2 aromatic heterocycles. The van der Waals surface area contributed by atoms with E-state index in [0.29, 0.717) is 0 Å². The molecule has 2 heterocycles. The molecular formula is C5H3ClN2S. The van der Waals surface area contributed by atoms with Gasteiger partial charge in [0.2, 0.25) is 0 Å². The number of fused-ring (bicyclic) bond motifs is 1. The highest BCUT2D eigenvalue weighted by Crippen LogP contribution is 2.18. The zero-order valence-corrected chi connectivity index (χ0v) is 5.99. The summed E-state index contributed by atoms with van der Waals surface area (Å²) in [5, 5.41) is 2.62. The Bertz CT molecular complexity index is 324. The predicted molar refractivity (Wildman–Crippen MR) is 38.1 cm³/mol. The van der Waals surface area contributed by atoms with E-state index in [-0.39, 0.29) is 0 Å². The summed E-state index contributed by atoms with van der Waals surface area (Å²) in [4.78, 5) is 4.99. The third-order valence-electron chi connectivity index (χ3n) is 1.11. The normalized spacial score (nSPS) is 10.8. The molecule has 0 aromatic carbocycles. The van der Waals surface area contributed by atoms with E-state index >= 15 is 0 Å². The van der Waals surface area contributed by atoms with Crippen molar-refractivity contribution in [3.8, 4) is 0 Å². The van der Waals surface area contributed by atoms with Crippen LogP contribution in [-0.2, 0) is 0 Å². The minimum Gasteiger partial charge on any atom is -0.280 e. The van der Waals surface area contributed by atoms with Gasteiger partial charge in [0, 0.05) is 5.38 Å². The number of imidazole rings is 1. The average molecular weight is 159 g/mol. The molecule has 0 aliphatic carbocycles. The van der Waals surface area contributed by atoms with E-state index in [4.69, 9.17) is 11.6 Å². The van der Waals surface area contributed by atoms with Gasteiger partial charge >= 0.3 is 0 Å². The minimum absolute atomic E-state index is 0.729. The van der Waals surface area contributed by atoms with Gasteiger partial charge < -0.3 is 0 Å². The van der Waals surface area contributed by atoms with Crippen molar-refractivity contribution in [1.29, 1.82) is 0 Å². The molecule has 0 unspecified atom stereocenters. The summed E-state index contributed by atoms with van der Waals surface area (Å²) in [7, 11) is 0. The Morgan fingerprint density at radius 3 is 3.33 bits per heavy atom. The summed E-state index contributed by atoms with van der Waals surface area (Å²) in [5.41, 5.74) is 0. The van der Waals surface area contributed by atoms with Crippen LogP contribution in [0.4, 0.5) is 0 Å². The van der Waals surface area contributed by atoms with Crippen LogP contribution in [-0.4, -0.2) is 9.38 Å². The smallest absolute Gasteiger partial charge is 0.125 e. The molecule has 0 atom stereocenters. The maximum Gasteiger partial charge on any atom is 0.125 e. The summed E-state index contributed by atoms with van der Waals surface area (Å²) >= 11 is 7.34. The molecule has 2 nitrogen and oxygen atoms in total. The van der Waals surface area contributed by atoms with Gasteiger partial charge in [-0.05, 0) is 0 Å². The molecule has 0 radical (unpaired) electrons. The molecule has 2 aromatic rings. The SMILES string of the molecule is Clc1csc2cncn12. The number of rotatable bonds is 0. The number of hydrogen-bond donors (Lipinski definition) is 0. The molecule has 0 N–H and O–H groups in total. The molecule has 46 valence electrons. The fourth-order valence-electron chi connectivity index (χ4n) is 0.696. The van der Waals surface area contributed by atoms with E-state index in [0.717, 1.165) is 9.98 Å². The van der Waals surface area contributed by atoms with Crippen molar-refractivity contribution in [2.75, 3.05) is 0 Å². The van der Waals surface area contributed by atoms with Crippen LogP contribution in [0, 0.1) is 0 Å². The van der Waals surface area contributed by atoms with Gasteiger partial charge in [0.1, 0.15) is 16.3 Å². The number of nitrogens with zero attached hydrogens (tertiary/aromatic N) is 2. The molecule has 0 aliphatic heterocycles. The largest absolute Gasteiger partial charge is 0.280 e. The summed E-state index contributed by atoms with van der Waals surface area (Å²) in [5.74, 6) is 0. The quantitative estimate of drug-likeness (QED) is 0.574. The van der Waals surface area contributed by atoms with Crippen LogP contribution in [0.25, 0.3) is 4.83 Å². The van der Waals surface area contributed by atoms with Crippen molar-refractivity contribution in [1.82, 2.24) is 9.38 Å². The predicted octanol–water partition coefficient (Wildman–Crippen LogP) is 2.05. The first kappa shape index (κ1) is 5.26. The molecule has 0 amide bonds. The highest BCUT2D eigenvalue weighted by atomic mass is 35.5. The monoisotopic (exact) mass is 158 g/mol. The fraction of sp³-hybridized carbons (Fsp3) is 0. The first-order chi connectivity index (χ1) is 4.38. The molecule has 0 spiro atoms. The second kappa shape index (κ2) is 1.72. The molecule has 2 rings (SSSR count). The van der Waals surface area contributed by atoms with Crippen molar-refractivity contribution in [3.63, 3.8) is 0 Å². The lowest BCUT2D eigenvalue weighted by atomic mass is 10.9. The van der Waals surface area contributed by atoms with Crippen molar-refractivity contribution < 1.29 is 0 Å². The van der Waals surface area contributed by atoms with Gasteiger partial charge in [-0.25, -0.2) is 4.98 Å². The highest BCUT2D eigenvalue weighted by Gasteiger charge is 1.97. The van der Waals surface area contributed by atoms with Gasteiger partial charge in [0.05, 0.1) is 6.20 Å². The Balaban J connectivity index is 2.99. The molecule has 0 saturated heterocycles. The molecule has 0 fully saturated rings. The van der Waals surface area contributed by atoms with Crippen molar-refractivity contribution in [3.05, 3.63) is 23.1 Å². The first-order valence-electron chi connectivity index (χ1n) is 2.43. The molecular weight excluding hydrogens is 156 g/mol. The lowest BCUT2D eigenvalue weighted by molar-refractivity contribution is 1.18. The Morgan fingerprint density at radius 2 is 2.56 bits per heavy atom. The molecule has 4 heteroatoms. The summed E-state index contributed by atoms with van der Waals surface area (Å²) < 4.78 is 1.84. The first-order valence-corrected chi connectivity index (χ1v) is 3.69. The molecule has 0 bridgehead atoms. The van der Waals surface area contributed by atoms with E-state index < -0.39 is 0 Å². The Kier molecular flexibility index (Phi) is 1.00. The van der Waals surface area contributed by atoms with Crippen LogP contribution in [0.3, 0.4) is 0 Å². The summed E-state index contributed by atoms with van der Waals surface area (Å²) in [6.07, 6.45) is 3.49.